The van der Waals surface area contributed by atoms with Gasteiger partial charge >= 0.3 is 0 Å². The van der Waals surface area contributed by atoms with Crippen LogP contribution in [-0.4, -0.2) is 21.5 Å². The van der Waals surface area contributed by atoms with E-state index in [4.69, 9.17) is 0 Å². The molecule has 0 bridgehead atoms. The molecule has 0 amide bonds. The molecule has 0 aliphatic rings. The topological polar surface area (TPSA) is 45.8 Å². The van der Waals surface area contributed by atoms with Crippen LogP contribution >= 0.6 is 28.7 Å². The molecule has 5 heteroatoms. The summed E-state index contributed by atoms with van der Waals surface area (Å²) < 4.78 is 0. The quantitative estimate of drug-likeness (QED) is 0.825. The van der Waals surface area contributed by atoms with Crippen LogP contribution in [0.25, 0.3) is 11.0 Å². The zero-order valence-electron chi connectivity index (χ0n) is 12.5. The van der Waals surface area contributed by atoms with E-state index in [1.807, 2.05) is 20.8 Å². The second-order valence-corrected chi connectivity index (χ2v) is 6.92. The van der Waals surface area contributed by atoms with Gasteiger partial charge in [0.15, 0.2) is 5.16 Å². The van der Waals surface area contributed by atoms with Gasteiger partial charge in [0.2, 0.25) is 0 Å². The number of fused-ring (bicyclic) bond motifs is 1. The highest BCUT2D eigenvalue weighted by Crippen LogP contribution is 2.24. The predicted molar refractivity (Wildman–Crippen MR) is 91.1 cm³/mol. The Kier molecular flexibility index (Phi) is 5.44. The van der Waals surface area contributed by atoms with Gasteiger partial charge in [-0.25, -0.2) is 4.98 Å². The zero-order valence-corrected chi connectivity index (χ0v) is 15.1. The molecule has 1 N–H and O–H groups in total. The number of hydrogen-bond donors (Lipinski definition) is 1. The number of nitrogens with zero attached hydrogens (tertiary/aromatic N) is 1. The van der Waals surface area contributed by atoms with Crippen LogP contribution in [0.3, 0.4) is 0 Å². The predicted octanol–water partition coefficient (Wildman–Crippen LogP) is 4.46. The number of thioether (sulfide) groups is 1. The van der Waals surface area contributed by atoms with Crippen molar-refractivity contribution >= 4 is 45.6 Å². The van der Waals surface area contributed by atoms with Crippen molar-refractivity contribution in [3.8, 4) is 0 Å². The highest BCUT2D eigenvalue weighted by molar-refractivity contribution is 8.93. The Morgan fingerprint density at radius 1 is 1.25 bits per heavy atom. The van der Waals surface area contributed by atoms with Crippen molar-refractivity contribution in [1.82, 2.24) is 9.97 Å². The summed E-state index contributed by atoms with van der Waals surface area (Å²) in [6.45, 7) is 10.0. The van der Waals surface area contributed by atoms with E-state index in [2.05, 4.69) is 35.9 Å². The summed E-state index contributed by atoms with van der Waals surface area (Å²) >= 11 is 1.48. The van der Waals surface area contributed by atoms with Gasteiger partial charge < -0.3 is 4.98 Å². The molecule has 1 aromatic carbocycles. The van der Waals surface area contributed by atoms with E-state index in [1.165, 1.54) is 22.9 Å². The van der Waals surface area contributed by atoms with E-state index in [1.54, 1.807) is 0 Å². The third kappa shape index (κ3) is 3.85. The summed E-state index contributed by atoms with van der Waals surface area (Å²) in [6.07, 6.45) is 0. The molecule has 0 aliphatic carbocycles. The molecule has 20 heavy (non-hydrogen) atoms. The molecule has 0 saturated carbocycles. The first-order valence-corrected chi connectivity index (χ1v) is 7.39. The molecule has 3 nitrogen and oxygen atoms in total. The van der Waals surface area contributed by atoms with Gasteiger partial charge in [-0.15, -0.1) is 17.0 Å². The molecule has 2 rings (SSSR count). The average Bonchev–Trinajstić information content (AvgIpc) is 2.67. The number of Topliss-reactive ketones (excluding diaryl/α,β-unsaturated/α-hetero) is 1. The SMILES string of the molecule is Br.Cc1cc2nc(SCC(=O)C(C)(C)C)[nH]c2cc1C. The second kappa shape index (κ2) is 6.31. The van der Waals surface area contributed by atoms with E-state index >= 15 is 0 Å². The first kappa shape index (κ1) is 17.2. The van der Waals surface area contributed by atoms with E-state index in [0.29, 0.717) is 5.75 Å². The maximum atomic E-state index is 11.9. The summed E-state index contributed by atoms with van der Waals surface area (Å²) in [7, 11) is 0. The van der Waals surface area contributed by atoms with Crippen LogP contribution in [-0.2, 0) is 4.79 Å². The average molecular weight is 357 g/mol. The minimum absolute atomic E-state index is 0. The van der Waals surface area contributed by atoms with E-state index in [9.17, 15) is 4.79 Å². The van der Waals surface area contributed by atoms with Gasteiger partial charge in [-0.05, 0) is 37.1 Å². The fourth-order valence-corrected chi connectivity index (χ4v) is 2.71. The number of carbonyl (C=O) groups is 1. The lowest BCUT2D eigenvalue weighted by atomic mass is 9.92. The summed E-state index contributed by atoms with van der Waals surface area (Å²) in [5, 5.41) is 0.817. The van der Waals surface area contributed by atoms with Crippen LogP contribution in [0.2, 0.25) is 0 Å². The van der Waals surface area contributed by atoms with Crippen LogP contribution in [0.1, 0.15) is 31.9 Å². The zero-order chi connectivity index (χ0) is 14.2. The molecule has 110 valence electrons. The van der Waals surface area contributed by atoms with E-state index in [0.717, 1.165) is 16.2 Å². The van der Waals surface area contributed by atoms with E-state index < -0.39 is 0 Å². The van der Waals surface area contributed by atoms with Crippen LogP contribution in [0.5, 0.6) is 0 Å². The van der Waals surface area contributed by atoms with Gasteiger partial charge in [0.05, 0.1) is 16.8 Å². The fourth-order valence-electron chi connectivity index (χ4n) is 1.66. The molecule has 0 saturated heterocycles. The Hall–Kier alpha value is -0.810. The summed E-state index contributed by atoms with van der Waals surface area (Å²) in [6, 6.07) is 4.18. The number of H-pyrrole nitrogens is 1. The summed E-state index contributed by atoms with van der Waals surface area (Å²) in [4.78, 5) is 19.7. The number of halogens is 1. The number of rotatable bonds is 3. The highest BCUT2D eigenvalue weighted by atomic mass is 79.9. The maximum Gasteiger partial charge on any atom is 0.166 e. The number of carbonyl (C=O) groups excluding carboxylic acids is 1. The van der Waals surface area contributed by atoms with Crippen LogP contribution in [0.15, 0.2) is 17.3 Å². The smallest absolute Gasteiger partial charge is 0.166 e. The van der Waals surface area contributed by atoms with Gasteiger partial charge in [0.1, 0.15) is 5.78 Å². The monoisotopic (exact) mass is 356 g/mol. The molecule has 0 spiro atoms. The first-order valence-electron chi connectivity index (χ1n) is 6.40. The van der Waals surface area contributed by atoms with Crippen molar-refractivity contribution in [2.75, 3.05) is 5.75 Å². The lowest BCUT2D eigenvalue weighted by Crippen LogP contribution is -2.22. The molecular weight excluding hydrogens is 336 g/mol. The Balaban J connectivity index is 0.00000200. The Morgan fingerprint density at radius 3 is 2.45 bits per heavy atom. The molecule has 0 atom stereocenters. The second-order valence-electron chi connectivity index (χ2n) is 5.96. The molecule has 1 heterocycles. The van der Waals surface area contributed by atoms with Gasteiger partial charge in [0.25, 0.3) is 0 Å². The van der Waals surface area contributed by atoms with E-state index in [-0.39, 0.29) is 28.2 Å². The number of hydrogen-bond acceptors (Lipinski definition) is 3. The van der Waals surface area contributed by atoms with Crippen molar-refractivity contribution in [1.29, 1.82) is 0 Å². The summed E-state index contributed by atoms with van der Waals surface area (Å²) in [5.41, 5.74) is 4.20. The Morgan fingerprint density at radius 2 is 1.85 bits per heavy atom. The van der Waals surface area contributed by atoms with Crippen molar-refractivity contribution < 1.29 is 4.79 Å². The molecular formula is C15H21BrN2OS. The maximum absolute atomic E-state index is 11.9. The van der Waals surface area contributed by atoms with Crippen LogP contribution in [0, 0.1) is 19.3 Å². The van der Waals surface area contributed by atoms with Crippen molar-refractivity contribution in [3.05, 3.63) is 23.3 Å². The molecule has 0 unspecified atom stereocenters. The third-order valence-corrected chi connectivity index (χ3v) is 4.13. The first-order chi connectivity index (χ1) is 8.77. The summed E-state index contributed by atoms with van der Waals surface area (Å²) in [5.74, 6) is 0.701. The van der Waals surface area contributed by atoms with Crippen molar-refractivity contribution in [2.45, 2.75) is 39.8 Å². The van der Waals surface area contributed by atoms with Gasteiger partial charge in [0, 0.05) is 5.41 Å². The number of aromatic nitrogens is 2. The van der Waals surface area contributed by atoms with Crippen molar-refractivity contribution in [3.63, 3.8) is 0 Å². The molecule has 0 radical (unpaired) electrons. The number of ketones is 1. The number of imidazole rings is 1. The molecule has 1 aromatic heterocycles. The van der Waals surface area contributed by atoms with Gasteiger partial charge in [-0.1, -0.05) is 32.5 Å². The molecule has 0 fully saturated rings. The highest BCUT2D eigenvalue weighted by Gasteiger charge is 2.21. The van der Waals surface area contributed by atoms with Crippen LogP contribution < -0.4 is 0 Å². The number of aromatic amines is 1. The molecule has 2 aromatic rings. The molecule has 0 aliphatic heterocycles. The minimum Gasteiger partial charge on any atom is -0.333 e. The van der Waals surface area contributed by atoms with Gasteiger partial charge in [-0.3, -0.25) is 4.79 Å². The number of benzene rings is 1. The normalized spacial score (nSPS) is 11.4. The number of nitrogens with one attached hydrogen (secondary N) is 1. The Labute approximate surface area is 134 Å². The van der Waals surface area contributed by atoms with Gasteiger partial charge in [-0.2, -0.15) is 0 Å². The number of aryl methyl sites for hydroxylation is 2. The Bertz CT molecular complexity index is 590. The standard InChI is InChI=1S/C15H20N2OS.BrH/c1-9-6-11-12(7-10(9)2)17-14(16-11)19-8-13(18)15(3,4)5;/h6-7H,8H2,1-5H3,(H,16,17);1H. The lowest BCUT2D eigenvalue weighted by molar-refractivity contribution is -0.123. The third-order valence-electron chi connectivity index (χ3n) is 3.25. The minimum atomic E-state index is -0.286. The largest absolute Gasteiger partial charge is 0.333 e. The fraction of sp³-hybridized carbons (Fsp3) is 0.467. The van der Waals surface area contributed by atoms with Crippen LogP contribution in [0.4, 0.5) is 0 Å². The van der Waals surface area contributed by atoms with Crippen molar-refractivity contribution in [2.24, 2.45) is 5.41 Å². The lowest BCUT2D eigenvalue weighted by Gasteiger charge is -2.15.